The van der Waals surface area contributed by atoms with E-state index in [1.54, 1.807) is 6.07 Å². The Morgan fingerprint density at radius 1 is 1.38 bits per heavy atom. The van der Waals surface area contributed by atoms with Gasteiger partial charge < -0.3 is 9.84 Å². The first-order valence-electron chi connectivity index (χ1n) is 6.56. The Morgan fingerprint density at radius 2 is 2.12 bits per heavy atom. The number of halogens is 1. The average molecular weight is 350 g/mol. The molecule has 0 fully saturated rings. The van der Waals surface area contributed by atoms with E-state index in [-0.39, 0.29) is 27.8 Å². The smallest absolute Gasteiger partial charge is 0.273 e. The molecular weight excluding hydrogens is 338 g/mol. The van der Waals surface area contributed by atoms with Crippen LogP contribution in [0.2, 0.25) is 5.02 Å². The molecule has 2 N–H and O–H groups in total. The van der Waals surface area contributed by atoms with Crippen molar-refractivity contribution in [1.29, 1.82) is 0 Å². The summed E-state index contributed by atoms with van der Waals surface area (Å²) in [6.07, 6.45) is 1.32. The summed E-state index contributed by atoms with van der Waals surface area (Å²) >= 11 is 5.87. The summed E-state index contributed by atoms with van der Waals surface area (Å²) in [6, 6.07) is 8.03. The van der Waals surface area contributed by atoms with Gasteiger partial charge in [0, 0.05) is 12.1 Å². The van der Waals surface area contributed by atoms with Crippen molar-refractivity contribution in [3.8, 4) is 11.5 Å². The maximum Gasteiger partial charge on any atom is 0.273 e. The number of rotatable bonds is 5. The summed E-state index contributed by atoms with van der Waals surface area (Å²) in [5, 5.41) is 24.1. The third-order valence-corrected chi connectivity index (χ3v) is 3.32. The van der Waals surface area contributed by atoms with Gasteiger partial charge in [0.2, 0.25) is 0 Å². The molecule has 0 aliphatic rings. The molecule has 0 saturated carbocycles. The van der Waals surface area contributed by atoms with Crippen molar-refractivity contribution in [3.63, 3.8) is 0 Å². The predicted molar refractivity (Wildman–Crippen MR) is 87.8 cm³/mol. The number of phenolic OH excluding ortho intramolecular Hbond substituents is 1. The van der Waals surface area contributed by atoms with E-state index in [1.165, 1.54) is 37.6 Å². The maximum atomic E-state index is 12.0. The zero-order valence-electron chi connectivity index (χ0n) is 12.4. The normalized spacial score (nSPS) is 10.6. The second-order valence-corrected chi connectivity index (χ2v) is 4.96. The maximum absolute atomic E-state index is 12.0. The van der Waals surface area contributed by atoms with Crippen LogP contribution in [0.1, 0.15) is 15.9 Å². The summed E-state index contributed by atoms with van der Waals surface area (Å²) in [5.74, 6) is -0.459. The molecule has 0 radical (unpaired) electrons. The summed E-state index contributed by atoms with van der Waals surface area (Å²) < 4.78 is 4.95. The minimum Gasteiger partial charge on any atom is -0.504 e. The van der Waals surface area contributed by atoms with E-state index in [9.17, 15) is 20.0 Å². The van der Waals surface area contributed by atoms with E-state index in [4.69, 9.17) is 16.3 Å². The van der Waals surface area contributed by atoms with Gasteiger partial charge in [0.15, 0.2) is 11.5 Å². The number of non-ortho nitro benzene ring substituents is 1. The molecule has 2 rings (SSSR count). The molecule has 8 nitrogen and oxygen atoms in total. The molecule has 0 aromatic heterocycles. The van der Waals surface area contributed by atoms with Crippen molar-refractivity contribution < 1.29 is 19.6 Å². The van der Waals surface area contributed by atoms with Crippen LogP contribution in [-0.2, 0) is 0 Å². The Labute approximate surface area is 141 Å². The molecule has 124 valence electrons. The number of hydrazone groups is 1. The second-order valence-electron chi connectivity index (χ2n) is 4.55. The highest BCUT2D eigenvalue weighted by atomic mass is 35.5. The number of aromatic hydroxyl groups is 1. The lowest BCUT2D eigenvalue weighted by Crippen LogP contribution is -2.18. The van der Waals surface area contributed by atoms with Crippen molar-refractivity contribution in [2.45, 2.75) is 0 Å². The SMILES string of the molecule is COc1cc(/C=N/NC(=O)c2cc([N+](=O)[O-])ccc2Cl)ccc1O. The number of benzene rings is 2. The van der Waals surface area contributed by atoms with E-state index in [0.29, 0.717) is 5.56 Å². The summed E-state index contributed by atoms with van der Waals surface area (Å²) in [6.45, 7) is 0. The molecule has 0 heterocycles. The van der Waals surface area contributed by atoms with Crippen LogP contribution < -0.4 is 10.2 Å². The number of hydrogen-bond donors (Lipinski definition) is 2. The Hall–Kier alpha value is -3.13. The fourth-order valence-corrected chi connectivity index (χ4v) is 2.00. The topological polar surface area (TPSA) is 114 Å². The lowest BCUT2D eigenvalue weighted by atomic mass is 10.2. The lowest BCUT2D eigenvalue weighted by Gasteiger charge is -2.04. The highest BCUT2D eigenvalue weighted by Crippen LogP contribution is 2.25. The number of carbonyl (C=O) groups is 1. The molecular formula is C15H12ClN3O5. The number of nitrogens with zero attached hydrogens (tertiary/aromatic N) is 2. The van der Waals surface area contributed by atoms with Crippen LogP contribution >= 0.6 is 11.6 Å². The van der Waals surface area contributed by atoms with Crippen LogP contribution in [0.5, 0.6) is 11.5 Å². The first-order chi connectivity index (χ1) is 11.4. The summed E-state index contributed by atoms with van der Waals surface area (Å²) in [4.78, 5) is 22.1. The van der Waals surface area contributed by atoms with Crippen LogP contribution in [0.4, 0.5) is 5.69 Å². The first-order valence-corrected chi connectivity index (χ1v) is 6.94. The van der Waals surface area contributed by atoms with Crippen LogP contribution in [0, 0.1) is 10.1 Å². The van der Waals surface area contributed by atoms with Gasteiger partial charge in [0.25, 0.3) is 11.6 Å². The van der Waals surface area contributed by atoms with Gasteiger partial charge in [-0.3, -0.25) is 14.9 Å². The van der Waals surface area contributed by atoms with Crippen molar-refractivity contribution in [1.82, 2.24) is 5.43 Å². The number of hydrogen-bond acceptors (Lipinski definition) is 6. The number of phenols is 1. The van der Waals surface area contributed by atoms with Crippen LogP contribution in [0.15, 0.2) is 41.5 Å². The third-order valence-electron chi connectivity index (χ3n) is 2.99. The second kappa shape index (κ2) is 7.42. The highest BCUT2D eigenvalue weighted by Gasteiger charge is 2.15. The fraction of sp³-hybridized carbons (Fsp3) is 0.0667. The van der Waals surface area contributed by atoms with Gasteiger partial charge in [-0.15, -0.1) is 0 Å². The predicted octanol–water partition coefficient (Wildman–Crippen LogP) is 2.73. The van der Waals surface area contributed by atoms with Gasteiger partial charge in [-0.25, -0.2) is 5.43 Å². The van der Waals surface area contributed by atoms with Crippen molar-refractivity contribution in [3.05, 3.63) is 62.7 Å². The van der Waals surface area contributed by atoms with Crippen LogP contribution in [0.3, 0.4) is 0 Å². The standard InChI is InChI=1S/C15H12ClN3O5/c1-24-14-6-9(2-5-13(14)20)8-17-18-15(21)11-7-10(19(22)23)3-4-12(11)16/h2-8,20H,1H3,(H,18,21)/b17-8+. The van der Waals surface area contributed by atoms with Gasteiger partial charge >= 0.3 is 0 Å². The third kappa shape index (κ3) is 3.99. The van der Waals surface area contributed by atoms with E-state index >= 15 is 0 Å². The number of carbonyl (C=O) groups excluding carboxylic acids is 1. The number of nitro groups is 1. The number of nitrogens with one attached hydrogen (secondary N) is 1. The van der Waals surface area contributed by atoms with Gasteiger partial charge in [0.1, 0.15) is 0 Å². The van der Waals surface area contributed by atoms with Crippen molar-refractivity contribution in [2.24, 2.45) is 5.10 Å². The lowest BCUT2D eigenvalue weighted by molar-refractivity contribution is -0.384. The molecule has 2 aromatic rings. The highest BCUT2D eigenvalue weighted by molar-refractivity contribution is 6.33. The zero-order valence-corrected chi connectivity index (χ0v) is 13.1. The zero-order chi connectivity index (χ0) is 17.7. The van der Waals surface area contributed by atoms with Gasteiger partial charge in [-0.05, 0) is 29.8 Å². The number of methoxy groups -OCH3 is 1. The molecule has 24 heavy (non-hydrogen) atoms. The molecule has 2 aromatic carbocycles. The number of nitro benzene ring substituents is 1. The van der Waals surface area contributed by atoms with E-state index in [2.05, 4.69) is 10.5 Å². The monoisotopic (exact) mass is 349 g/mol. The van der Waals surface area contributed by atoms with Crippen molar-refractivity contribution >= 4 is 29.4 Å². The largest absolute Gasteiger partial charge is 0.504 e. The fourth-order valence-electron chi connectivity index (χ4n) is 1.80. The molecule has 1 amide bonds. The molecule has 0 aliphatic carbocycles. The quantitative estimate of drug-likeness (QED) is 0.489. The number of ether oxygens (including phenoxy) is 1. The number of amides is 1. The van der Waals surface area contributed by atoms with E-state index < -0.39 is 10.8 Å². The first kappa shape index (κ1) is 17.2. The Bertz CT molecular complexity index is 823. The Balaban J connectivity index is 2.13. The van der Waals surface area contributed by atoms with E-state index in [1.807, 2.05) is 0 Å². The molecule has 0 aliphatic heterocycles. The average Bonchev–Trinajstić information content (AvgIpc) is 2.56. The van der Waals surface area contributed by atoms with Gasteiger partial charge in [0.05, 0.1) is 28.8 Å². The molecule has 0 bridgehead atoms. The van der Waals surface area contributed by atoms with Crippen LogP contribution in [-0.4, -0.2) is 29.3 Å². The molecule has 9 heteroatoms. The molecule has 0 unspecified atom stereocenters. The van der Waals surface area contributed by atoms with Crippen molar-refractivity contribution in [2.75, 3.05) is 7.11 Å². The summed E-state index contributed by atoms with van der Waals surface area (Å²) in [5.41, 5.74) is 2.47. The Morgan fingerprint density at radius 3 is 2.79 bits per heavy atom. The molecule has 0 spiro atoms. The molecule has 0 saturated heterocycles. The summed E-state index contributed by atoms with van der Waals surface area (Å²) in [7, 11) is 1.40. The van der Waals surface area contributed by atoms with Gasteiger partial charge in [-0.2, -0.15) is 5.10 Å². The van der Waals surface area contributed by atoms with Gasteiger partial charge in [-0.1, -0.05) is 11.6 Å². The van der Waals surface area contributed by atoms with Crippen LogP contribution in [0.25, 0.3) is 0 Å². The Kier molecular flexibility index (Phi) is 5.33. The minimum absolute atomic E-state index is 0.0259. The molecule has 0 atom stereocenters. The van der Waals surface area contributed by atoms with E-state index in [0.717, 1.165) is 6.07 Å². The minimum atomic E-state index is -0.689.